The van der Waals surface area contributed by atoms with Gasteiger partial charge in [-0.2, -0.15) is 0 Å². The molecule has 0 spiro atoms. The predicted octanol–water partition coefficient (Wildman–Crippen LogP) is 2.65. The SMILES string of the molecule is C=CCNS(=O)(=O)c1cc(C(=O)N2CCCN(c3ccc(OC)cc3)CC2)ccc1F. The van der Waals surface area contributed by atoms with E-state index in [2.05, 4.69) is 16.2 Å². The minimum Gasteiger partial charge on any atom is -0.497 e. The summed E-state index contributed by atoms with van der Waals surface area (Å²) in [5, 5.41) is 0. The van der Waals surface area contributed by atoms with Gasteiger partial charge in [0.25, 0.3) is 5.91 Å². The van der Waals surface area contributed by atoms with Crippen molar-refractivity contribution in [3.8, 4) is 5.75 Å². The van der Waals surface area contributed by atoms with E-state index in [0.29, 0.717) is 19.6 Å². The Morgan fingerprint density at radius 1 is 1.16 bits per heavy atom. The summed E-state index contributed by atoms with van der Waals surface area (Å²) in [7, 11) is -2.47. The van der Waals surface area contributed by atoms with Gasteiger partial charge in [-0.25, -0.2) is 17.5 Å². The summed E-state index contributed by atoms with van der Waals surface area (Å²) in [6.07, 6.45) is 2.11. The lowest BCUT2D eigenvalue weighted by molar-refractivity contribution is 0.0766. The van der Waals surface area contributed by atoms with Crippen LogP contribution in [0.1, 0.15) is 16.8 Å². The number of benzene rings is 2. The van der Waals surface area contributed by atoms with E-state index in [-0.39, 0.29) is 18.0 Å². The van der Waals surface area contributed by atoms with Crippen LogP contribution in [0.25, 0.3) is 0 Å². The Bertz CT molecular complexity index is 1040. The molecule has 0 unspecified atom stereocenters. The molecule has 1 amide bonds. The molecule has 1 heterocycles. The molecule has 1 aliphatic rings. The number of sulfonamides is 1. The standard InChI is InChI=1S/C22H26FN3O4S/c1-3-11-24-31(28,29)21-16-17(5-10-20(21)23)22(27)26-13-4-12-25(14-15-26)18-6-8-19(30-2)9-7-18/h3,5-10,16,24H,1,4,11-15H2,2H3. The number of methoxy groups -OCH3 is 1. The molecule has 3 rings (SSSR count). The Hall–Kier alpha value is -2.91. The number of nitrogens with one attached hydrogen (secondary N) is 1. The van der Waals surface area contributed by atoms with Crippen LogP contribution in [0.3, 0.4) is 0 Å². The van der Waals surface area contributed by atoms with Gasteiger partial charge in [0.05, 0.1) is 7.11 Å². The average Bonchev–Trinajstić information content (AvgIpc) is 3.04. The molecule has 166 valence electrons. The van der Waals surface area contributed by atoms with Crippen molar-refractivity contribution >= 4 is 21.6 Å². The molecular formula is C22H26FN3O4S. The van der Waals surface area contributed by atoms with Crippen LogP contribution < -0.4 is 14.4 Å². The van der Waals surface area contributed by atoms with Crippen LogP contribution in [0.2, 0.25) is 0 Å². The van der Waals surface area contributed by atoms with E-state index < -0.39 is 20.7 Å². The van der Waals surface area contributed by atoms with Gasteiger partial charge < -0.3 is 14.5 Å². The number of amides is 1. The van der Waals surface area contributed by atoms with Crippen molar-refractivity contribution in [3.63, 3.8) is 0 Å². The van der Waals surface area contributed by atoms with Crippen molar-refractivity contribution in [3.05, 3.63) is 66.5 Å². The van der Waals surface area contributed by atoms with Crippen molar-refractivity contribution in [2.24, 2.45) is 0 Å². The molecule has 9 heteroatoms. The Morgan fingerprint density at radius 2 is 1.90 bits per heavy atom. The Balaban J connectivity index is 1.74. The lowest BCUT2D eigenvalue weighted by atomic mass is 10.2. The third kappa shape index (κ3) is 5.42. The molecule has 1 N–H and O–H groups in total. The molecule has 0 bridgehead atoms. The van der Waals surface area contributed by atoms with Gasteiger partial charge in [-0.05, 0) is 48.9 Å². The number of carbonyl (C=O) groups excluding carboxylic acids is 1. The summed E-state index contributed by atoms with van der Waals surface area (Å²) < 4.78 is 46.2. The van der Waals surface area contributed by atoms with Gasteiger partial charge in [-0.1, -0.05) is 6.08 Å². The van der Waals surface area contributed by atoms with Crippen molar-refractivity contribution in [1.82, 2.24) is 9.62 Å². The summed E-state index contributed by atoms with van der Waals surface area (Å²) in [6.45, 7) is 5.82. The van der Waals surface area contributed by atoms with Gasteiger partial charge in [0, 0.05) is 44.0 Å². The molecule has 7 nitrogen and oxygen atoms in total. The lowest BCUT2D eigenvalue weighted by Gasteiger charge is -2.24. The fourth-order valence-corrected chi connectivity index (χ4v) is 4.54. The maximum Gasteiger partial charge on any atom is 0.253 e. The van der Waals surface area contributed by atoms with Gasteiger partial charge in [0.2, 0.25) is 10.0 Å². The molecule has 1 fully saturated rings. The van der Waals surface area contributed by atoms with Gasteiger partial charge >= 0.3 is 0 Å². The van der Waals surface area contributed by atoms with Crippen LogP contribution in [-0.2, 0) is 10.0 Å². The van der Waals surface area contributed by atoms with Crippen molar-refractivity contribution < 1.29 is 22.3 Å². The first kappa shape index (κ1) is 22.8. The maximum atomic E-state index is 14.2. The third-order valence-corrected chi connectivity index (χ3v) is 6.54. The Morgan fingerprint density at radius 3 is 2.58 bits per heavy atom. The van der Waals surface area contributed by atoms with Crippen LogP contribution in [0, 0.1) is 5.82 Å². The van der Waals surface area contributed by atoms with E-state index in [9.17, 15) is 17.6 Å². The van der Waals surface area contributed by atoms with E-state index in [1.807, 2.05) is 24.3 Å². The smallest absolute Gasteiger partial charge is 0.253 e. The zero-order chi connectivity index (χ0) is 22.4. The second-order valence-corrected chi connectivity index (χ2v) is 8.85. The highest BCUT2D eigenvalue weighted by Crippen LogP contribution is 2.22. The molecule has 0 aromatic heterocycles. The van der Waals surface area contributed by atoms with Gasteiger partial charge in [0.15, 0.2) is 0 Å². The molecule has 0 saturated carbocycles. The summed E-state index contributed by atoms with van der Waals surface area (Å²) in [4.78, 5) is 16.3. The number of hydrogen-bond donors (Lipinski definition) is 1. The quantitative estimate of drug-likeness (QED) is 0.661. The van der Waals surface area contributed by atoms with Gasteiger partial charge in [-0.15, -0.1) is 6.58 Å². The second kappa shape index (κ2) is 9.93. The van der Waals surface area contributed by atoms with E-state index in [1.165, 1.54) is 12.1 Å². The number of ether oxygens (including phenoxy) is 1. The van der Waals surface area contributed by atoms with Crippen LogP contribution in [0.5, 0.6) is 5.75 Å². The fraction of sp³-hybridized carbons (Fsp3) is 0.318. The Kier molecular flexibility index (Phi) is 7.29. The molecule has 0 aliphatic carbocycles. The van der Waals surface area contributed by atoms with E-state index in [4.69, 9.17) is 4.74 Å². The summed E-state index contributed by atoms with van der Waals surface area (Å²) >= 11 is 0. The van der Waals surface area contributed by atoms with Crippen LogP contribution in [0.15, 0.2) is 60.0 Å². The minimum atomic E-state index is -4.08. The number of anilines is 1. The summed E-state index contributed by atoms with van der Waals surface area (Å²) in [5.74, 6) is -0.452. The lowest BCUT2D eigenvalue weighted by Crippen LogP contribution is -2.35. The number of rotatable bonds is 7. The van der Waals surface area contributed by atoms with Gasteiger partial charge in [0.1, 0.15) is 16.5 Å². The van der Waals surface area contributed by atoms with E-state index in [0.717, 1.165) is 36.5 Å². The molecule has 0 atom stereocenters. The first-order valence-electron chi connectivity index (χ1n) is 9.94. The van der Waals surface area contributed by atoms with E-state index in [1.54, 1.807) is 12.0 Å². The topological polar surface area (TPSA) is 79.0 Å². The van der Waals surface area contributed by atoms with Gasteiger partial charge in [-0.3, -0.25) is 4.79 Å². The molecule has 1 saturated heterocycles. The molecule has 31 heavy (non-hydrogen) atoms. The highest BCUT2D eigenvalue weighted by molar-refractivity contribution is 7.89. The maximum absolute atomic E-state index is 14.2. The molecule has 2 aromatic carbocycles. The van der Waals surface area contributed by atoms with Crippen LogP contribution >= 0.6 is 0 Å². The fourth-order valence-electron chi connectivity index (χ4n) is 3.44. The number of halogens is 1. The molecule has 2 aromatic rings. The van der Waals surface area contributed by atoms with Crippen LogP contribution in [-0.4, -0.2) is 59.1 Å². The first-order valence-corrected chi connectivity index (χ1v) is 11.4. The largest absolute Gasteiger partial charge is 0.497 e. The zero-order valence-corrected chi connectivity index (χ0v) is 18.2. The monoisotopic (exact) mass is 447 g/mol. The van der Waals surface area contributed by atoms with Crippen molar-refractivity contribution in [1.29, 1.82) is 0 Å². The zero-order valence-electron chi connectivity index (χ0n) is 17.4. The molecular weight excluding hydrogens is 421 g/mol. The summed E-state index contributed by atoms with van der Waals surface area (Å²) in [6, 6.07) is 11.2. The van der Waals surface area contributed by atoms with Crippen molar-refractivity contribution in [2.75, 3.05) is 44.7 Å². The predicted molar refractivity (Wildman–Crippen MR) is 118 cm³/mol. The summed E-state index contributed by atoms with van der Waals surface area (Å²) in [5.41, 5.74) is 1.18. The number of nitrogens with zero attached hydrogens (tertiary/aromatic N) is 2. The normalized spacial score (nSPS) is 14.8. The first-order chi connectivity index (χ1) is 14.9. The molecule has 0 radical (unpaired) electrons. The third-order valence-electron chi connectivity index (χ3n) is 5.11. The highest BCUT2D eigenvalue weighted by Gasteiger charge is 2.24. The number of carbonyl (C=O) groups is 1. The van der Waals surface area contributed by atoms with Crippen LogP contribution in [0.4, 0.5) is 10.1 Å². The molecule has 1 aliphatic heterocycles. The second-order valence-electron chi connectivity index (χ2n) is 7.12. The van der Waals surface area contributed by atoms with E-state index >= 15 is 0 Å². The number of hydrogen-bond acceptors (Lipinski definition) is 5. The Labute approximate surface area is 182 Å². The highest BCUT2D eigenvalue weighted by atomic mass is 32.2. The average molecular weight is 448 g/mol. The van der Waals surface area contributed by atoms with Crippen molar-refractivity contribution in [2.45, 2.75) is 11.3 Å². The minimum absolute atomic E-state index is 0.0345.